The van der Waals surface area contributed by atoms with Crippen LogP contribution in [0.25, 0.3) is 65.9 Å². The Morgan fingerprint density at radius 2 is 1.05 bits per heavy atom. The van der Waals surface area contributed by atoms with Crippen molar-refractivity contribution < 1.29 is 0 Å². The Kier molecular flexibility index (Phi) is 4.55. The largest absolute Gasteiger partial charge is 0.317 e. The molecule has 8 aromatic rings. The smallest absolute Gasteiger partial charge is 0.0607 e. The predicted octanol–water partition coefficient (Wildman–Crippen LogP) is 9.55. The Labute approximate surface area is 220 Å². The highest BCUT2D eigenvalue weighted by Gasteiger charge is 2.13. The van der Waals surface area contributed by atoms with Gasteiger partial charge in [0, 0.05) is 34.5 Å². The van der Waals surface area contributed by atoms with Crippen molar-refractivity contribution in [2.45, 2.75) is 0 Å². The van der Waals surface area contributed by atoms with E-state index in [1.807, 2.05) is 0 Å². The molecule has 0 aliphatic carbocycles. The molecule has 0 saturated heterocycles. The average Bonchev–Trinajstić information content (AvgIpc) is 3.61. The third-order valence-corrected chi connectivity index (χ3v) is 7.76. The Balaban J connectivity index is 1.28. The summed E-state index contributed by atoms with van der Waals surface area (Å²) < 4.78 is 4.58. The zero-order valence-electron chi connectivity index (χ0n) is 20.8. The van der Waals surface area contributed by atoms with Gasteiger partial charge in [-0.25, -0.2) is 0 Å². The summed E-state index contributed by atoms with van der Waals surface area (Å²) in [5.74, 6) is 0. The van der Waals surface area contributed by atoms with Crippen LogP contribution in [0, 0.1) is 0 Å². The van der Waals surface area contributed by atoms with Crippen molar-refractivity contribution in [3.05, 3.63) is 146 Å². The molecule has 0 spiro atoms. The maximum Gasteiger partial charge on any atom is 0.0607 e. The minimum Gasteiger partial charge on any atom is -0.317 e. The van der Waals surface area contributed by atoms with Gasteiger partial charge in [0.25, 0.3) is 0 Å². The molecule has 0 saturated carbocycles. The molecule has 0 unspecified atom stereocenters. The normalized spacial score (nSPS) is 11.7. The summed E-state index contributed by atoms with van der Waals surface area (Å²) in [7, 11) is 0. The molecule has 6 aromatic carbocycles. The number of aromatic nitrogens is 2. The quantitative estimate of drug-likeness (QED) is 0.236. The van der Waals surface area contributed by atoms with Gasteiger partial charge < -0.3 is 9.13 Å². The first-order valence-corrected chi connectivity index (χ1v) is 13.0. The van der Waals surface area contributed by atoms with Crippen molar-refractivity contribution in [3.8, 4) is 22.5 Å². The van der Waals surface area contributed by atoms with Crippen molar-refractivity contribution in [2.24, 2.45) is 0 Å². The lowest BCUT2D eigenvalue weighted by atomic mass is 9.96. The molecule has 8 rings (SSSR count). The summed E-state index contributed by atoms with van der Waals surface area (Å²) in [4.78, 5) is 0. The fraction of sp³-hybridized carbons (Fsp3) is 0. The monoisotopic (exact) mass is 484 g/mol. The van der Waals surface area contributed by atoms with Gasteiger partial charge in [-0.05, 0) is 81.2 Å². The number of fused-ring (bicyclic) bond motifs is 5. The number of hydrogen-bond acceptors (Lipinski definition) is 0. The second-order valence-electron chi connectivity index (χ2n) is 9.92. The minimum absolute atomic E-state index is 1.17. The Morgan fingerprint density at radius 1 is 0.395 bits per heavy atom. The summed E-state index contributed by atoms with van der Waals surface area (Å²) in [5, 5.41) is 7.54. The van der Waals surface area contributed by atoms with Gasteiger partial charge in [-0.3, -0.25) is 0 Å². The van der Waals surface area contributed by atoms with Crippen molar-refractivity contribution in [2.75, 3.05) is 0 Å². The Bertz CT molecular complexity index is 2120. The van der Waals surface area contributed by atoms with E-state index in [2.05, 4.69) is 155 Å². The molecular weight excluding hydrogens is 460 g/mol. The molecule has 2 heteroatoms. The van der Waals surface area contributed by atoms with Crippen molar-refractivity contribution in [3.63, 3.8) is 0 Å². The molecule has 0 amide bonds. The van der Waals surface area contributed by atoms with Crippen molar-refractivity contribution in [1.29, 1.82) is 0 Å². The molecule has 0 radical (unpaired) electrons. The molecule has 2 aromatic heterocycles. The zero-order valence-corrected chi connectivity index (χ0v) is 20.8. The standard InChI is InChI=1S/C36H24N2/c1-2-9-28-23-31(18-13-25(28)7-1)38-22-20-29-24-34(32-10-4-5-11-33(32)36(29)38)26-14-16-30(17-15-26)37-21-19-27-8-3-6-12-35(27)37/h1-24H. The van der Waals surface area contributed by atoms with Gasteiger partial charge in [0.2, 0.25) is 0 Å². The molecule has 178 valence electrons. The number of para-hydroxylation sites is 1. The molecule has 0 aliphatic rings. The van der Waals surface area contributed by atoms with E-state index in [9.17, 15) is 0 Å². The molecule has 0 bridgehead atoms. The second-order valence-corrected chi connectivity index (χ2v) is 9.92. The SMILES string of the molecule is c1ccc2cc(-n3ccc4cc(-c5ccc(-n6ccc7ccccc76)cc5)c5ccccc5c43)ccc2c1. The van der Waals surface area contributed by atoms with Crippen LogP contribution in [0.4, 0.5) is 0 Å². The van der Waals surface area contributed by atoms with E-state index < -0.39 is 0 Å². The van der Waals surface area contributed by atoms with Gasteiger partial charge >= 0.3 is 0 Å². The topological polar surface area (TPSA) is 9.86 Å². The molecule has 0 fully saturated rings. The number of rotatable bonds is 3. The number of benzene rings is 6. The highest BCUT2D eigenvalue weighted by atomic mass is 15.0. The first kappa shape index (κ1) is 21.0. The minimum atomic E-state index is 1.17. The van der Waals surface area contributed by atoms with Crippen LogP contribution in [0.5, 0.6) is 0 Å². The summed E-state index contributed by atoms with van der Waals surface area (Å²) in [6.07, 6.45) is 4.35. The van der Waals surface area contributed by atoms with Crippen LogP contribution in [0.15, 0.2) is 146 Å². The molecule has 0 aliphatic heterocycles. The number of hydrogen-bond donors (Lipinski definition) is 0. The first-order chi connectivity index (χ1) is 18.8. The summed E-state index contributed by atoms with van der Waals surface area (Å²) in [6, 6.07) is 48.2. The first-order valence-electron chi connectivity index (χ1n) is 13.0. The van der Waals surface area contributed by atoms with E-state index in [-0.39, 0.29) is 0 Å². The van der Waals surface area contributed by atoms with Crippen LogP contribution >= 0.6 is 0 Å². The maximum absolute atomic E-state index is 2.34. The van der Waals surface area contributed by atoms with Crippen LogP contribution in [0.1, 0.15) is 0 Å². The fourth-order valence-corrected chi connectivity index (χ4v) is 5.90. The van der Waals surface area contributed by atoms with E-state index in [0.717, 1.165) is 0 Å². The van der Waals surface area contributed by atoms with Crippen LogP contribution in [-0.4, -0.2) is 9.13 Å². The highest BCUT2D eigenvalue weighted by molar-refractivity contribution is 6.13. The van der Waals surface area contributed by atoms with Crippen molar-refractivity contribution >= 4 is 43.4 Å². The predicted molar refractivity (Wildman–Crippen MR) is 161 cm³/mol. The lowest BCUT2D eigenvalue weighted by molar-refractivity contribution is 1.13. The third-order valence-electron chi connectivity index (χ3n) is 7.76. The molecular formula is C36H24N2. The zero-order chi connectivity index (χ0) is 25.1. The van der Waals surface area contributed by atoms with Crippen molar-refractivity contribution in [1.82, 2.24) is 9.13 Å². The maximum atomic E-state index is 2.34. The number of nitrogens with zero attached hydrogens (tertiary/aromatic N) is 2. The van der Waals surface area contributed by atoms with Crippen LogP contribution in [-0.2, 0) is 0 Å². The van der Waals surface area contributed by atoms with Gasteiger partial charge in [0.1, 0.15) is 0 Å². The summed E-state index contributed by atoms with van der Waals surface area (Å²) in [5.41, 5.74) is 7.30. The molecule has 0 atom stereocenters. The summed E-state index contributed by atoms with van der Waals surface area (Å²) >= 11 is 0. The highest BCUT2D eigenvalue weighted by Crippen LogP contribution is 2.37. The van der Waals surface area contributed by atoms with Crippen LogP contribution in [0.2, 0.25) is 0 Å². The average molecular weight is 485 g/mol. The Morgan fingerprint density at radius 3 is 1.92 bits per heavy atom. The van der Waals surface area contributed by atoms with E-state index in [4.69, 9.17) is 0 Å². The molecule has 2 nitrogen and oxygen atoms in total. The Hall–Kier alpha value is -5.08. The fourth-order valence-electron chi connectivity index (χ4n) is 5.90. The van der Waals surface area contributed by atoms with E-state index in [0.29, 0.717) is 0 Å². The molecule has 0 N–H and O–H groups in total. The van der Waals surface area contributed by atoms with Crippen LogP contribution in [0.3, 0.4) is 0 Å². The van der Waals surface area contributed by atoms with E-state index in [1.165, 1.54) is 65.9 Å². The third kappa shape index (κ3) is 3.21. The molecule has 2 heterocycles. The van der Waals surface area contributed by atoms with Gasteiger partial charge in [0.05, 0.1) is 11.0 Å². The summed E-state index contributed by atoms with van der Waals surface area (Å²) in [6.45, 7) is 0. The van der Waals surface area contributed by atoms with Gasteiger partial charge in [-0.15, -0.1) is 0 Å². The van der Waals surface area contributed by atoms with E-state index in [1.54, 1.807) is 0 Å². The molecule has 38 heavy (non-hydrogen) atoms. The van der Waals surface area contributed by atoms with Gasteiger partial charge in [0.15, 0.2) is 0 Å². The van der Waals surface area contributed by atoms with Gasteiger partial charge in [-0.1, -0.05) is 84.9 Å². The van der Waals surface area contributed by atoms with E-state index >= 15 is 0 Å². The lowest BCUT2D eigenvalue weighted by Gasteiger charge is -2.13. The van der Waals surface area contributed by atoms with Crippen LogP contribution < -0.4 is 0 Å². The lowest BCUT2D eigenvalue weighted by Crippen LogP contribution is -1.94. The van der Waals surface area contributed by atoms with Gasteiger partial charge in [-0.2, -0.15) is 0 Å². The second kappa shape index (κ2) is 8.22.